The molecule has 0 bridgehead atoms. The maximum Gasteiger partial charge on any atom is 0.339 e. The topological polar surface area (TPSA) is 55.4 Å². The first-order valence-electron chi connectivity index (χ1n) is 6.80. The Kier molecular flexibility index (Phi) is 5.33. The number of amides is 1. The van der Waals surface area contributed by atoms with Gasteiger partial charge >= 0.3 is 5.97 Å². The predicted octanol–water partition coefficient (Wildman–Crippen LogP) is 3.94. The van der Waals surface area contributed by atoms with Crippen LogP contribution in [0.1, 0.15) is 22.8 Å². The van der Waals surface area contributed by atoms with E-state index in [1.807, 2.05) is 31.2 Å². The minimum atomic E-state index is -0.879. The molecule has 0 fully saturated rings. The fraction of sp³-hybridized carbons (Fsp3) is 0.176. The molecule has 0 aliphatic carbocycles. The second kappa shape index (κ2) is 7.22. The van der Waals surface area contributed by atoms with Gasteiger partial charge in [0.2, 0.25) is 0 Å². The van der Waals surface area contributed by atoms with Crippen molar-refractivity contribution in [3.8, 4) is 0 Å². The molecule has 0 radical (unpaired) electrons. The molecule has 2 aromatic carbocycles. The molecular weight excluding hydrogens is 346 g/mol. The van der Waals surface area contributed by atoms with Gasteiger partial charge in [-0.25, -0.2) is 4.79 Å². The largest absolute Gasteiger partial charge is 0.449 e. The van der Waals surface area contributed by atoms with Crippen molar-refractivity contribution >= 4 is 33.5 Å². The summed E-state index contributed by atoms with van der Waals surface area (Å²) in [4.78, 5) is 24.1. The molecule has 5 heteroatoms. The molecule has 0 aliphatic rings. The van der Waals surface area contributed by atoms with E-state index >= 15 is 0 Å². The Morgan fingerprint density at radius 1 is 1.09 bits per heavy atom. The lowest BCUT2D eigenvalue weighted by molar-refractivity contribution is -0.123. The number of carbonyl (C=O) groups excluding carboxylic acids is 2. The van der Waals surface area contributed by atoms with Gasteiger partial charge in [0.25, 0.3) is 5.91 Å². The second-order valence-electron chi connectivity index (χ2n) is 4.86. The standard InChI is InChI=1S/C17H16BrNO3/c1-11-5-3-4-6-15(11)17(21)22-12(2)16(20)19-14-9-7-13(18)8-10-14/h3-10,12H,1-2H3,(H,19,20)/t12-/m0/s1. The minimum absolute atomic E-state index is 0.371. The SMILES string of the molecule is Cc1ccccc1C(=O)O[C@@H](C)C(=O)Nc1ccc(Br)cc1. The number of esters is 1. The van der Waals surface area contributed by atoms with Crippen molar-refractivity contribution < 1.29 is 14.3 Å². The van der Waals surface area contributed by atoms with E-state index in [0.717, 1.165) is 10.0 Å². The van der Waals surface area contributed by atoms with Gasteiger partial charge in [-0.2, -0.15) is 0 Å². The Morgan fingerprint density at radius 2 is 1.73 bits per heavy atom. The van der Waals surface area contributed by atoms with Crippen molar-refractivity contribution in [2.24, 2.45) is 0 Å². The van der Waals surface area contributed by atoms with Gasteiger partial charge in [-0.3, -0.25) is 4.79 Å². The van der Waals surface area contributed by atoms with Gasteiger partial charge < -0.3 is 10.1 Å². The lowest BCUT2D eigenvalue weighted by Gasteiger charge is -2.14. The quantitative estimate of drug-likeness (QED) is 0.839. The van der Waals surface area contributed by atoms with E-state index in [1.54, 1.807) is 31.2 Å². The number of hydrogen-bond acceptors (Lipinski definition) is 3. The first-order chi connectivity index (χ1) is 10.5. The van der Waals surface area contributed by atoms with E-state index in [4.69, 9.17) is 4.74 Å². The minimum Gasteiger partial charge on any atom is -0.449 e. The number of hydrogen-bond donors (Lipinski definition) is 1. The van der Waals surface area contributed by atoms with Gasteiger partial charge in [0, 0.05) is 10.2 Å². The summed E-state index contributed by atoms with van der Waals surface area (Å²) in [5.74, 6) is -0.874. The number of anilines is 1. The molecule has 0 saturated carbocycles. The molecule has 0 unspecified atom stereocenters. The Labute approximate surface area is 137 Å². The van der Waals surface area contributed by atoms with Crippen LogP contribution in [0.4, 0.5) is 5.69 Å². The fourth-order valence-corrected chi connectivity index (χ4v) is 2.12. The number of ether oxygens (including phenoxy) is 1. The number of aryl methyl sites for hydroxylation is 1. The molecule has 0 heterocycles. The number of carbonyl (C=O) groups is 2. The fourth-order valence-electron chi connectivity index (χ4n) is 1.86. The molecule has 1 atom stereocenters. The molecule has 4 nitrogen and oxygen atoms in total. The van der Waals surface area contributed by atoms with Crippen LogP contribution in [0, 0.1) is 6.92 Å². The van der Waals surface area contributed by atoms with Crippen LogP contribution in [0.25, 0.3) is 0 Å². The maximum absolute atomic E-state index is 12.1. The summed E-state index contributed by atoms with van der Waals surface area (Å²) >= 11 is 3.32. The Morgan fingerprint density at radius 3 is 2.36 bits per heavy atom. The number of nitrogens with one attached hydrogen (secondary N) is 1. The van der Waals surface area contributed by atoms with Gasteiger partial charge in [0.15, 0.2) is 6.10 Å². The molecule has 114 valence electrons. The van der Waals surface area contributed by atoms with E-state index in [9.17, 15) is 9.59 Å². The summed E-state index contributed by atoms with van der Waals surface area (Å²) in [7, 11) is 0. The van der Waals surface area contributed by atoms with Crippen LogP contribution in [0.15, 0.2) is 53.0 Å². The Balaban J connectivity index is 1.98. The molecule has 2 aromatic rings. The van der Waals surface area contributed by atoms with Crippen LogP contribution in [0.5, 0.6) is 0 Å². The highest BCUT2D eigenvalue weighted by Crippen LogP contribution is 2.15. The zero-order valence-corrected chi connectivity index (χ0v) is 13.9. The van der Waals surface area contributed by atoms with Crippen molar-refractivity contribution in [3.63, 3.8) is 0 Å². The highest BCUT2D eigenvalue weighted by molar-refractivity contribution is 9.10. The van der Waals surface area contributed by atoms with E-state index in [2.05, 4.69) is 21.2 Å². The maximum atomic E-state index is 12.1. The Bertz CT molecular complexity index is 683. The van der Waals surface area contributed by atoms with Crippen LogP contribution in [-0.4, -0.2) is 18.0 Å². The molecule has 1 N–H and O–H groups in total. The normalized spacial score (nSPS) is 11.6. The van der Waals surface area contributed by atoms with Crippen molar-refractivity contribution in [3.05, 3.63) is 64.1 Å². The summed E-state index contributed by atoms with van der Waals surface area (Å²) < 4.78 is 6.14. The molecule has 0 aliphatic heterocycles. The average molecular weight is 362 g/mol. The molecule has 0 saturated heterocycles. The van der Waals surface area contributed by atoms with Crippen LogP contribution in [0.3, 0.4) is 0 Å². The van der Waals surface area contributed by atoms with Crippen LogP contribution >= 0.6 is 15.9 Å². The number of benzene rings is 2. The van der Waals surface area contributed by atoms with Crippen LogP contribution < -0.4 is 5.32 Å². The molecule has 0 spiro atoms. The Hall–Kier alpha value is -2.14. The summed E-state index contributed by atoms with van der Waals surface area (Å²) in [6, 6.07) is 14.3. The lowest BCUT2D eigenvalue weighted by Crippen LogP contribution is -2.30. The predicted molar refractivity (Wildman–Crippen MR) is 88.8 cm³/mol. The smallest absolute Gasteiger partial charge is 0.339 e. The third kappa shape index (κ3) is 4.18. The third-order valence-electron chi connectivity index (χ3n) is 3.13. The van der Waals surface area contributed by atoms with Crippen LogP contribution in [0.2, 0.25) is 0 Å². The highest BCUT2D eigenvalue weighted by Gasteiger charge is 2.19. The van der Waals surface area contributed by atoms with Crippen molar-refractivity contribution in [2.75, 3.05) is 5.32 Å². The number of halogens is 1. The van der Waals surface area contributed by atoms with E-state index in [-0.39, 0.29) is 5.91 Å². The van der Waals surface area contributed by atoms with Gasteiger partial charge in [0.05, 0.1) is 5.56 Å². The van der Waals surface area contributed by atoms with Gasteiger partial charge in [-0.05, 0) is 49.7 Å². The van der Waals surface area contributed by atoms with E-state index in [0.29, 0.717) is 11.3 Å². The molecule has 0 aromatic heterocycles. The average Bonchev–Trinajstić information content (AvgIpc) is 2.49. The van der Waals surface area contributed by atoms with Crippen molar-refractivity contribution in [2.45, 2.75) is 20.0 Å². The number of rotatable bonds is 4. The first kappa shape index (κ1) is 16.2. The molecule has 2 rings (SSSR count). The zero-order valence-electron chi connectivity index (χ0n) is 12.3. The summed E-state index contributed by atoms with van der Waals surface area (Å²) in [5.41, 5.74) is 1.92. The summed E-state index contributed by atoms with van der Waals surface area (Å²) in [5, 5.41) is 2.70. The monoisotopic (exact) mass is 361 g/mol. The molecular formula is C17H16BrNO3. The highest BCUT2D eigenvalue weighted by atomic mass is 79.9. The lowest BCUT2D eigenvalue weighted by atomic mass is 10.1. The van der Waals surface area contributed by atoms with Crippen LogP contribution in [-0.2, 0) is 9.53 Å². The zero-order chi connectivity index (χ0) is 16.1. The van der Waals surface area contributed by atoms with Gasteiger partial charge in [-0.15, -0.1) is 0 Å². The molecule has 22 heavy (non-hydrogen) atoms. The van der Waals surface area contributed by atoms with E-state index in [1.165, 1.54) is 0 Å². The van der Waals surface area contributed by atoms with Gasteiger partial charge in [-0.1, -0.05) is 34.1 Å². The second-order valence-corrected chi connectivity index (χ2v) is 5.77. The van der Waals surface area contributed by atoms with Gasteiger partial charge in [0.1, 0.15) is 0 Å². The van der Waals surface area contributed by atoms with Crippen molar-refractivity contribution in [1.29, 1.82) is 0 Å². The first-order valence-corrected chi connectivity index (χ1v) is 7.59. The summed E-state index contributed by atoms with van der Waals surface area (Å²) in [6.07, 6.45) is -0.879. The molecule has 1 amide bonds. The van der Waals surface area contributed by atoms with Crippen molar-refractivity contribution in [1.82, 2.24) is 0 Å². The summed E-state index contributed by atoms with van der Waals surface area (Å²) in [6.45, 7) is 3.37. The third-order valence-corrected chi connectivity index (χ3v) is 3.66. The van der Waals surface area contributed by atoms with E-state index < -0.39 is 12.1 Å².